The molecule has 0 saturated carbocycles. The number of ether oxygens (including phenoxy) is 5. The second-order valence-electron chi connectivity index (χ2n) is 4.34. The van der Waals surface area contributed by atoms with E-state index in [1.165, 1.54) is 28.1 Å². The molecule has 1 saturated heterocycles. The summed E-state index contributed by atoms with van der Waals surface area (Å²) in [7, 11) is 2.76. The molecule has 0 spiro atoms. The monoisotopic (exact) mass is 292 g/mol. The van der Waals surface area contributed by atoms with Crippen molar-refractivity contribution in [1.29, 1.82) is 0 Å². The zero-order chi connectivity index (χ0) is 15.3. The van der Waals surface area contributed by atoms with E-state index in [0.29, 0.717) is 0 Å². The lowest BCUT2D eigenvalue weighted by atomic mass is 10.1. The maximum absolute atomic E-state index is 11.1. The van der Waals surface area contributed by atoms with E-state index in [1.54, 1.807) is 0 Å². The van der Waals surface area contributed by atoms with E-state index >= 15 is 0 Å². The van der Waals surface area contributed by atoms with Gasteiger partial charge in [-0.05, 0) is 0 Å². The Hall–Kier alpha value is -1.22. The second-order valence-corrected chi connectivity index (χ2v) is 4.34. The largest absolute Gasteiger partial charge is 0.463 e. The van der Waals surface area contributed by atoms with E-state index in [-0.39, 0.29) is 6.61 Å². The van der Waals surface area contributed by atoms with Crippen molar-refractivity contribution in [3.05, 3.63) is 0 Å². The van der Waals surface area contributed by atoms with Crippen molar-refractivity contribution >= 4 is 11.9 Å². The number of rotatable bonds is 6. The van der Waals surface area contributed by atoms with Crippen LogP contribution in [0.15, 0.2) is 0 Å². The van der Waals surface area contributed by atoms with Gasteiger partial charge in [0.15, 0.2) is 12.4 Å². The van der Waals surface area contributed by atoms with Gasteiger partial charge in [-0.2, -0.15) is 0 Å². The molecule has 0 unspecified atom stereocenters. The van der Waals surface area contributed by atoms with Gasteiger partial charge >= 0.3 is 11.9 Å². The Labute approximate surface area is 116 Å². The standard InChI is InChI=1S/C12H20O8/c1-6(13)18-5-8(16-3)9-10(19-7(2)14)11(17-4)12(15)20-9/h8-12,15H,5H2,1-4H3/t8-,9+,10+,11-,12+/m1/s1. The maximum Gasteiger partial charge on any atom is 0.303 e. The molecule has 0 aliphatic carbocycles. The number of esters is 2. The Balaban J connectivity index is 2.81. The molecule has 5 atom stereocenters. The molecule has 0 aromatic rings. The third-order valence-corrected chi connectivity index (χ3v) is 2.92. The lowest BCUT2D eigenvalue weighted by molar-refractivity contribution is -0.171. The quantitative estimate of drug-likeness (QED) is 0.637. The Kier molecular flexibility index (Phi) is 6.34. The molecule has 1 heterocycles. The van der Waals surface area contributed by atoms with Crippen molar-refractivity contribution < 1.29 is 38.4 Å². The Morgan fingerprint density at radius 3 is 2.30 bits per heavy atom. The first-order valence-corrected chi connectivity index (χ1v) is 6.10. The van der Waals surface area contributed by atoms with E-state index in [4.69, 9.17) is 23.7 Å². The Morgan fingerprint density at radius 2 is 1.85 bits per heavy atom. The van der Waals surface area contributed by atoms with Gasteiger partial charge in [0, 0.05) is 28.1 Å². The van der Waals surface area contributed by atoms with Crippen LogP contribution in [0.3, 0.4) is 0 Å². The minimum atomic E-state index is -1.26. The number of hydrogen-bond acceptors (Lipinski definition) is 8. The molecule has 1 fully saturated rings. The van der Waals surface area contributed by atoms with Crippen LogP contribution >= 0.6 is 0 Å². The summed E-state index contributed by atoms with van der Waals surface area (Å²) in [4.78, 5) is 22.0. The molecule has 0 aromatic carbocycles. The summed E-state index contributed by atoms with van der Waals surface area (Å²) in [6.45, 7) is 2.42. The lowest BCUT2D eigenvalue weighted by Gasteiger charge is -2.26. The molecule has 8 heteroatoms. The summed E-state index contributed by atoms with van der Waals surface area (Å²) in [6, 6.07) is 0. The molecule has 1 aliphatic heterocycles. The summed E-state index contributed by atoms with van der Waals surface area (Å²) in [5, 5.41) is 9.76. The van der Waals surface area contributed by atoms with Crippen molar-refractivity contribution in [2.75, 3.05) is 20.8 Å². The zero-order valence-corrected chi connectivity index (χ0v) is 11.9. The van der Waals surface area contributed by atoms with E-state index in [1.807, 2.05) is 0 Å². The van der Waals surface area contributed by atoms with Crippen LogP contribution in [0.2, 0.25) is 0 Å². The van der Waals surface area contributed by atoms with Gasteiger partial charge in [0.1, 0.15) is 24.9 Å². The van der Waals surface area contributed by atoms with Gasteiger partial charge < -0.3 is 28.8 Å². The van der Waals surface area contributed by atoms with Crippen LogP contribution in [0, 0.1) is 0 Å². The van der Waals surface area contributed by atoms with E-state index in [9.17, 15) is 14.7 Å². The topological polar surface area (TPSA) is 101 Å². The number of carbonyl (C=O) groups excluding carboxylic acids is 2. The van der Waals surface area contributed by atoms with Gasteiger partial charge in [0.2, 0.25) is 0 Å². The van der Waals surface area contributed by atoms with E-state index < -0.39 is 42.6 Å². The third-order valence-electron chi connectivity index (χ3n) is 2.92. The van der Waals surface area contributed by atoms with Crippen LogP contribution in [0.5, 0.6) is 0 Å². The number of carbonyl (C=O) groups is 2. The van der Waals surface area contributed by atoms with Crippen LogP contribution in [0.1, 0.15) is 13.8 Å². The van der Waals surface area contributed by atoms with Crippen LogP contribution in [0.25, 0.3) is 0 Å². The molecule has 1 aliphatic rings. The molecule has 0 amide bonds. The summed E-state index contributed by atoms with van der Waals surface area (Å²) in [5.74, 6) is -1.01. The predicted molar refractivity (Wildman–Crippen MR) is 64.7 cm³/mol. The SMILES string of the molecule is CO[C@@H]1[C@@H](OC(C)=O)[C@H]([C@@H](COC(C)=O)OC)O[C@@H]1O. The fourth-order valence-electron chi connectivity index (χ4n) is 2.04. The number of methoxy groups -OCH3 is 2. The summed E-state index contributed by atoms with van der Waals surface area (Å²) < 4.78 is 25.5. The highest BCUT2D eigenvalue weighted by Gasteiger charge is 2.50. The van der Waals surface area contributed by atoms with Crippen molar-refractivity contribution in [3.8, 4) is 0 Å². The molecule has 116 valence electrons. The molecular formula is C12H20O8. The number of aliphatic hydroxyl groups excluding tert-OH is 1. The fraction of sp³-hybridized carbons (Fsp3) is 0.833. The first-order chi connectivity index (χ1) is 9.40. The lowest BCUT2D eigenvalue weighted by Crippen LogP contribution is -2.45. The highest BCUT2D eigenvalue weighted by atomic mass is 16.7. The average Bonchev–Trinajstić information content (AvgIpc) is 2.65. The highest BCUT2D eigenvalue weighted by Crippen LogP contribution is 2.28. The summed E-state index contributed by atoms with van der Waals surface area (Å²) >= 11 is 0. The van der Waals surface area contributed by atoms with Gasteiger partial charge in [-0.1, -0.05) is 0 Å². The van der Waals surface area contributed by atoms with Gasteiger partial charge in [0.25, 0.3) is 0 Å². The van der Waals surface area contributed by atoms with Crippen molar-refractivity contribution in [2.45, 2.75) is 44.6 Å². The summed E-state index contributed by atoms with van der Waals surface area (Å²) in [6.07, 6.45) is -4.45. The summed E-state index contributed by atoms with van der Waals surface area (Å²) in [5.41, 5.74) is 0. The van der Waals surface area contributed by atoms with Crippen molar-refractivity contribution in [3.63, 3.8) is 0 Å². The van der Waals surface area contributed by atoms with E-state index in [0.717, 1.165) is 0 Å². The van der Waals surface area contributed by atoms with Crippen molar-refractivity contribution in [2.24, 2.45) is 0 Å². The molecular weight excluding hydrogens is 272 g/mol. The second kappa shape index (κ2) is 7.53. The van der Waals surface area contributed by atoms with Gasteiger partial charge in [0.05, 0.1) is 0 Å². The first-order valence-electron chi connectivity index (χ1n) is 6.10. The molecule has 8 nitrogen and oxygen atoms in total. The van der Waals surface area contributed by atoms with Crippen LogP contribution in [-0.2, 0) is 33.3 Å². The Morgan fingerprint density at radius 1 is 1.20 bits per heavy atom. The fourth-order valence-corrected chi connectivity index (χ4v) is 2.04. The van der Waals surface area contributed by atoms with Crippen LogP contribution < -0.4 is 0 Å². The molecule has 0 bridgehead atoms. The normalized spacial score (nSPS) is 30.9. The molecule has 1 N–H and O–H groups in total. The highest BCUT2D eigenvalue weighted by molar-refractivity contribution is 5.66. The average molecular weight is 292 g/mol. The van der Waals surface area contributed by atoms with Crippen molar-refractivity contribution in [1.82, 2.24) is 0 Å². The van der Waals surface area contributed by atoms with Gasteiger partial charge in [-0.3, -0.25) is 9.59 Å². The maximum atomic E-state index is 11.1. The first kappa shape index (κ1) is 16.8. The van der Waals surface area contributed by atoms with Gasteiger partial charge in [-0.15, -0.1) is 0 Å². The third kappa shape index (κ3) is 4.14. The van der Waals surface area contributed by atoms with Gasteiger partial charge in [-0.25, -0.2) is 0 Å². The number of aliphatic hydroxyl groups is 1. The minimum absolute atomic E-state index is 0.0859. The number of hydrogen-bond donors (Lipinski definition) is 1. The predicted octanol–water partition coefficient (Wildman–Crippen LogP) is -0.772. The minimum Gasteiger partial charge on any atom is -0.463 e. The van der Waals surface area contributed by atoms with Crippen LogP contribution in [0.4, 0.5) is 0 Å². The molecule has 0 aromatic heterocycles. The Bertz CT molecular complexity index is 344. The molecule has 0 radical (unpaired) electrons. The van der Waals surface area contributed by atoms with E-state index in [2.05, 4.69) is 0 Å². The zero-order valence-electron chi connectivity index (χ0n) is 11.9. The smallest absolute Gasteiger partial charge is 0.303 e. The molecule has 1 rings (SSSR count). The van der Waals surface area contributed by atoms with Crippen LogP contribution in [-0.4, -0.2) is 68.6 Å². The molecule has 20 heavy (non-hydrogen) atoms.